The first kappa shape index (κ1) is 13.7. The van der Waals surface area contributed by atoms with Crippen molar-refractivity contribution in [2.75, 3.05) is 26.7 Å². The second kappa shape index (κ2) is 5.06. The monoisotopic (exact) mass is 296 g/mol. The molecule has 0 saturated carbocycles. The van der Waals surface area contributed by atoms with Crippen LogP contribution in [0.2, 0.25) is 0 Å². The molecule has 3 fully saturated rings. The fourth-order valence-corrected chi connectivity index (χ4v) is 4.05. The van der Waals surface area contributed by atoms with E-state index < -0.39 is 0 Å². The second-order valence-electron chi connectivity index (χ2n) is 7.08. The Labute approximate surface area is 130 Å². The van der Waals surface area contributed by atoms with Crippen molar-refractivity contribution in [3.63, 3.8) is 0 Å². The third-order valence-electron chi connectivity index (χ3n) is 5.47. The van der Waals surface area contributed by atoms with Gasteiger partial charge in [0.2, 0.25) is 0 Å². The molecule has 3 aliphatic rings. The van der Waals surface area contributed by atoms with Gasteiger partial charge in [0.15, 0.2) is 0 Å². The van der Waals surface area contributed by atoms with Crippen molar-refractivity contribution in [2.45, 2.75) is 18.9 Å². The van der Waals surface area contributed by atoms with E-state index >= 15 is 0 Å². The van der Waals surface area contributed by atoms with Crippen LogP contribution in [0.1, 0.15) is 23.2 Å². The second-order valence-corrected chi connectivity index (χ2v) is 7.08. The van der Waals surface area contributed by atoms with Crippen molar-refractivity contribution in [1.82, 2.24) is 10.3 Å². The first-order valence-corrected chi connectivity index (χ1v) is 8.12. The lowest BCUT2D eigenvalue weighted by Crippen LogP contribution is -2.65. The summed E-state index contributed by atoms with van der Waals surface area (Å²) >= 11 is 0. The normalized spacial score (nSPS) is 30.4. The predicted molar refractivity (Wildman–Crippen MR) is 86.5 cm³/mol. The standard InChI is InChI=1S/C18H21N3O/c1-21-9-6-13(7-10-21)17(12-21)20-18(22)15-4-5-16-14(11-15)3-2-8-19-16/h2-5,8,11,13,17H,6-7,9-10,12H2,1H3/p+1. The van der Waals surface area contributed by atoms with Gasteiger partial charge in [-0.05, 0) is 30.2 Å². The number of likely N-dealkylation sites (N-methyl/N-ethyl adjacent to an activating group) is 1. The maximum Gasteiger partial charge on any atom is 0.251 e. The molecule has 1 N–H and O–H groups in total. The van der Waals surface area contributed by atoms with Crippen LogP contribution in [-0.2, 0) is 0 Å². The van der Waals surface area contributed by atoms with E-state index in [1.807, 2.05) is 30.3 Å². The fourth-order valence-electron chi connectivity index (χ4n) is 4.05. The van der Waals surface area contributed by atoms with E-state index in [9.17, 15) is 4.79 Å². The number of nitrogens with one attached hydrogen (secondary N) is 1. The van der Waals surface area contributed by atoms with Gasteiger partial charge in [-0.25, -0.2) is 0 Å². The number of aromatic nitrogens is 1. The highest BCUT2D eigenvalue weighted by Crippen LogP contribution is 2.32. The Balaban J connectivity index is 1.54. The summed E-state index contributed by atoms with van der Waals surface area (Å²) in [6, 6.07) is 9.97. The van der Waals surface area contributed by atoms with Crippen molar-refractivity contribution in [3.05, 3.63) is 42.1 Å². The minimum Gasteiger partial charge on any atom is -0.343 e. The summed E-state index contributed by atoms with van der Waals surface area (Å²) in [5.41, 5.74) is 1.67. The highest BCUT2D eigenvalue weighted by molar-refractivity contribution is 5.98. The molecule has 2 bridgehead atoms. The summed E-state index contributed by atoms with van der Waals surface area (Å²) < 4.78 is 1.11. The number of rotatable bonds is 2. The Morgan fingerprint density at radius 1 is 1.27 bits per heavy atom. The van der Waals surface area contributed by atoms with Gasteiger partial charge in [-0.15, -0.1) is 0 Å². The molecule has 5 rings (SSSR count). The molecule has 1 amide bonds. The van der Waals surface area contributed by atoms with E-state index in [0.29, 0.717) is 12.0 Å². The largest absolute Gasteiger partial charge is 0.343 e. The zero-order valence-electron chi connectivity index (χ0n) is 13.0. The maximum atomic E-state index is 12.6. The molecule has 2 aromatic rings. The van der Waals surface area contributed by atoms with Gasteiger partial charge in [-0.3, -0.25) is 9.78 Å². The Bertz CT molecular complexity index is 719. The van der Waals surface area contributed by atoms with Gasteiger partial charge in [-0.1, -0.05) is 6.07 Å². The summed E-state index contributed by atoms with van der Waals surface area (Å²) in [4.78, 5) is 16.9. The first-order chi connectivity index (χ1) is 10.6. The summed E-state index contributed by atoms with van der Waals surface area (Å²) in [7, 11) is 2.32. The van der Waals surface area contributed by atoms with E-state index in [2.05, 4.69) is 17.3 Å². The first-order valence-electron chi connectivity index (χ1n) is 8.12. The van der Waals surface area contributed by atoms with Crippen LogP contribution in [0.4, 0.5) is 0 Å². The van der Waals surface area contributed by atoms with Crippen LogP contribution in [0.5, 0.6) is 0 Å². The molecular weight excluding hydrogens is 274 g/mol. The number of nitrogens with zero attached hydrogens (tertiary/aromatic N) is 2. The summed E-state index contributed by atoms with van der Waals surface area (Å²) in [6.07, 6.45) is 4.26. The molecule has 22 heavy (non-hydrogen) atoms. The molecule has 1 atom stereocenters. The smallest absolute Gasteiger partial charge is 0.251 e. The molecule has 0 spiro atoms. The number of piperidine rings is 3. The highest BCUT2D eigenvalue weighted by Gasteiger charge is 2.43. The fraction of sp³-hybridized carbons (Fsp3) is 0.444. The van der Waals surface area contributed by atoms with Crippen LogP contribution in [0.25, 0.3) is 10.9 Å². The third-order valence-corrected chi connectivity index (χ3v) is 5.47. The third kappa shape index (κ3) is 2.37. The molecular formula is C18H22N3O+. The van der Waals surface area contributed by atoms with Crippen LogP contribution in [0, 0.1) is 5.92 Å². The molecule has 3 aliphatic heterocycles. The summed E-state index contributed by atoms with van der Waals surface area (Å²) in [6.45, 7) is 3.60. The number of benzene rings is 1. The lowest BCUT2D eigenvalue weighted by Gasteiger charge is -2.50. The lowest BCUT2D eigenvalue weighted by atomic mass is 9.82. The van der Waals surface area contributed by atoms with Crippen molar-refractivity contribution >= 4 is 16.8 Å². The summed E-state index contributed by atoms with van der Waals surface area (Å²) in [5, 5.41) is 4.30. The van der Waals surface area contributed by atoms with Crippen LogP contribution in [-0.4, -0.2) is 48.1 Å². The number of carbonyl (C=O) groups excluding carboxylic acids is 1. The van der Waals surface area contributed by atoms with Crippen molar-refractivity contribution < 1.29 is 9.28 Å². The number of amides is 1. The molecule has 4 heteroatoms. The SMILES string of the molecule is C[N+]12CCC(CC1)C(NC(=O)c1ccc3ncccc3c1)C2. The van der Waals surface area contributed by atoms with Crippen molar-refractivity contribution in [3.8, 4) is 0 Å². The number of quaternary nitrogens is 1. The van der Waals surface area contributed by atoms with Crippen LogP contribution < -0.4 is 5.32 Å². The predicted octanol–water partition coefficient (Wildman–Crippen LogP) is 2.20. The Hall–Kier alpha value is -1.94. The molecule has 1 aromatic heterocycles. The zero-order chi connectivity index (χ0) is 15.2. The Morgan fingerprint density at radius 2 is 2.09 bits per heavy atom. The summed E-state index contributed by atoms with van der Waals surface area (Å²) in [5.74, 6) is 0.710. The van der Waals surface area contributed by atoms with Crippen molar-refractivity contribution in [2.24, 2.45) is 5.92 Å². The van der Waals surface area contributed by atoms with Crippen LogP contribution >= 0.6 is 0 Å². The van der Waals surface area contributed by atoms with Gasteiger partial charge in [0.25, 0.3) is 5.91 Å². The van der Waals surface area contributed by atoms with Gasteiger partial charge < -0.3 is 9.80 Å². The number of hydrogen-bond donors (Lipinski definition) is 1. The molecule has 4 heterocycles. The van der Waals surface area contributed by atoms with Gasteiger partial charge >= 0.3 is 0 Å². The average molecular weight is 296 g/mol. The van der Waals surface area contributed by atoms with Crippen LogP contribution in [0.15, 0.2) is 36.5 Å². The van der Waals surface area contributed by atoms with E-state index in [-0.39, 0.29) is 5.91 Å². The molecule has 114 valence electrons. The number of pyridine rings is 1. The van der Waals surface area contributed by atoms with Crippen LogP contribution in [0.3, 0.4) is 0 Å². The lowest BCUT2D eigenvalue weighted by molar-refractivity contribution is -0.925. The molecule has 4 nitrogen and oxygen atoms in total. The van der Waals surface area contributed by atoms with Gasteiger partial charge in [0.05, 0.1) is 38.2 Å². The topological polar surface area (TPSA) is 42.0 Å². The van der Waals surface area contributed by atoms with E-state index in [1.54, 1.807) is 6.20 Å². The molecule has 1 aromatic carbocycles. The number of hydrogen-bond acceptors (Lipinski definition) is 2. The minimum atomic E-state index is 0.0519. The quantitative estimate of drug-likeness (QED) is 0.863. The number of fused-ring (bicyclic) bond motifs is 4. The molecule has 3 saturated heterocycles. The molecule has 0 aliphatic carbocycles. The molecule has 1 unspecified atom stereocenters. The zero-order valence-corrected chi connectivity index (χ0v) is 13.0. The molecule has 0 radical (unpaired) electrons. The average Bonchev–Trinajstić information content (AvgIpc) is 2.54. The van der Waals surface area contributed by atoms with Gasteiger partial charge in [-0.2, -0.15) is 0 Å². The Morgan fingerprint density at radius 3 is 2.86 bits per heavy atom. The Kier molecular flexibility index (Phi) is 3.15. The van der Waals surface area contributed by atoms with E-state index in [0.717, 1.165) is 27.5 Å². The maximum absolute atomic E-state index is 12.6. The van der Waals surface area contributed by atoms with E-state index in [4.69, 9.17) is 0 Å². The van der Waals surface area contributed by atoms with Gasteiger partial charge in [0, 0.05) is 30.0 Å². The van der Waals surface area contributed by atoms with Gasteiger partial charge in [0.1, 0.15) is 0 Å². The van der Waals surface area contributed by atoms with Crippen molar-refractivity contribution in [1.29, 1.82) is 0 Å². The highest BCUT2D eigenvalue weighted by atomic mass is 16.1. The number of carbonyl (C=O) groups is 1. The minimum absolute atomic E-state index is 0.0519. The van der Waals surface area contributed by atoms with E-state index in [1.165, 1.54) is 25.9 Å².